The number of sulfonamides is 1. The average Bonchev–Trinajstić information content (AvgIpc) is 3.56. The topological polar surface area (TPSA) is 174 Å². The Hall–Kier alpha value is -4.82. The molecular weight excluding hydrogens is 616 g/mol. The first kappa shape index (κ1) is 34.1. The van der Waals surface area contributed by atoms with Gasteiger partial charge < -0.3 is 19.7 Å². The van der Waals surface area contributed by atoms with Gasteiger partial charge in [-0.05, 0) is 49.3 Å². The molecule has 1 fully saturated rings. The van der Waals surface area contributed by atoms with Crippen LogP contribution in [0.3, 0.4) is 0 Å². The number of benzene rings is 3. The zero-order chi connectivity index (χ0) is 32.9. The molecule has 1 aliphatic rings. The molecule has 1 heterocycles. The Kier molecular flexibility index (Phi) is 12.2. The first-order valence-electron chi connectivity index (χ1n) is 14.9. The maximum Gasteiger partial charge on any atom is 0.407 e. The normalized spacial score (nSPS) is 15.1. The van der Waals surface area contributed by atoms with Gasteiger partial charge in [0.05, 0.1) is 4.92 Å². The molecule has 0 aliphatic carbocycles. The second kappa shape index (κ2) is 16.5. The number of unbranched alkanes of at least 4 members (excludes halogenated alkanes) is 1. The maximum atomic E-state index is 13.8. The summed E-state index contributed by atoms with van der Waals surface area (Å²) in [6.07, 6.45) is 0.906. The van der Waals surface area contributed by atoms with E-state index in [1.165, 1.54) is 17.0 Å². The summed E-state index contributed by atoms with van der Waals surface area (Å²) in [4.78, 5) is 50.4. The van der Waals surface area contributed by atoms with Crippen molar-refractivity contribution >= 4 is 33.7 Å². The lowest BCUT2D eigenvalue weighted by Crippen LogP contribution is -2.52. The third-order valence-electron chi connectivity index (χ3n) is 7.38. The number of nitro groups is 1. The van der Waals surface area contributed by atoms with Gasteiger partial charge in [-0.1, -0.05) is 72.8 Å². The van der Waals surface area contributed by atoms with Crippen LogP contribution in [-0.4, -0.2) is 61.4 Å². The molecule has 1 saturated heterocycles. The van der Waals surface area contributed by atoms with Gasteiger partial charge in [-0.15, -0.1) is 0 Å². The lowest BCUT2D eigenvalue weighted by Gasteiger charge is -2.28. The van der Waals surface area contributed by atoms with Crippen molar-refractivity contribution in [1.29, 1.82) is 0 Å². The van der Waals surface area contributed by atoms with Crippen molar-refractivity contribution in [2.75, 3.05) is 13.1 Å². The monoisotopic (exact) mass is 652 g/mol. The molecule has 0 saturated carbocycles. The number of esters is 1. The molecule has 0 unspecified atom stereocenters. The van der Waals surface area contributed by atoms with E-state index in [0.29, 0.717) is 25.7 Å². The van der Waals surface area contributed by atoms with E-state index in [2.05, 4.69) is 10.0 Å². The molecule has 3 aromatic carbocycles. The summed E-state index contributed by atoms with van der Waals surface area (Å²) in [7, 11) is -4.53. The molecule has 46 heavy (non-hydrogen) atoms. The summed E-state index contributed by atoms with van der Waals surface area (Å²) in [6.45, 7) is 0.528. The molecular formula is C32H36N4O9S. The van der Waals surface area contributed by atoms with Gasteiger partial charge in [0, 0.05) is 19.2 Å². The van der Waals surface area contributed by atoms with Gasteiger partial charge in [0.25, 0.3) is 5.69 Å². The lowest BCUT2D eigenvalue weighted by atomic mass is 10.1. The number of hydrogen-bond donors (Lipinski definition) is 2. The Bertz CT molecular complexity index is 1600. The zero-order valence-electron chi connectivity index (χ0n) is 25.1. The van der Waals surface area contributed by atoms with E-state index in [1.807, 2.05) is 48.5 Å². The number of carbonyl (C=O) groups excluding carboxylic acids is 3. The van der Waals surface area contributed by atoms with E-state index in [0.717, 1.165) is 23.3 Å². The van der Waals surface area contributed by atoms with Gasteiger partial charge in [0.1, 0.15) is 25.3 Å². The van der Waals surface area contributed by atoms with Gasteiger partial charge in [0.15, 0.2) is 4.90 Å². The predicted molar refractivity (Wildman–Crippen MR) is 167 cm³/mol. The number of nitrogens with one attached hydrogen (secondary N) is 2. The van der Waals surface area contributed by atoms with Crippen LogP contribution in [0, 0.1) is 10.1 Å². The minimum Gasteiger partial charge on any atom is -0.459 e. The minimum atomic E-state index is -4.53. The SMILES string of the molecule is O=C(NCCCC[C@H](NS(=O)(=O)c1ccccc1[N+](=O)[O-])C(=O)N1CCC[C@H]1C(=O)OCc1ccccc1)OCc1ccccc1. The van der Waals surface area contributed by atoms with Crippen LogP contribution < -0.4 is 10.0 Å². The number of nitrogens with zero attached hydrogens (tertiary/aromatic N) is 2. The number of carbonyl (C=O) groups is 3. The fourth-order valence-corrected chi connectivity index (χ4v) is 6.45. The van der Waals surface area contributed by atoms with Crippen molar-refractivity contribution in [3.8, 4) is 0 Å². The Labute approximate surface area is 267 Å². The Morgan fingerprint density at radius 2 is 1.50 bits per heavy atom. The van der Waals surface area contributed by atoms with Crippen molar-refractivity contribution < 1.29 is 37.2 Å². The maximum absolute atomic E-state index is 13.8. The van der Waals surface area contributed by atoms with Crippen LogP contribution in [0.4, 0.5) is 10.5 Å². The summed E-state index contributed by atoms with van der Waals surface area (Å²) in [5.41, 5.74) is 0.969. The van der Waals surface area contributed by atoms with Gasteiger partial charge in [-0.2, -0.15) is 4.72 Å². The zero-order valence-corrected chi connectivity index (χ0v) is 25.9. The molecule has 0 aromatic heterocycles. The first-order valence-corrected chi connectivity index (χ1v) is 16.4. The first-order chi connectivity index (χ1) is 22.2. The van der Waals surface area contributed by atoms with E-state index in [9.17, 15) is 32.9 Å². The summed E-state index contributed by atoms with van der Waals surface area (Å²) in [5, 5.41) is 14.2. The van der Waals surface area contributed by atoms with Gasteiger partial charge in [-0.25, -0.2) is 18.0 Å². The van der Waals surface area contributed by atoms with Crippen molar-refractivity contribution in [3.05, 3.63) is 106 Å². The molecule has 244 valence electrons. The van der Waals surface area contributed by atoms with Crippen LogP contribution in [0.2, 0.25) is 0 Å². The Morgan fingerprint density at radius 3 is 2.15 bits per heavy atom. The average molecular weight is 653 g/mol. The number of ether oxygens (including phenoxy) is 2. The number of amides is 2. The summed E-state index contributed by atoms with van der Waals surface area (Å²) in [5.74, 6) is -1.25. The summed E-state index contributed by atoms with van der Waals surface area (Å²) in [6, 6.07) is 20.8. The van der Waals surface area contributed by atoms with E-state index in [-0.39, 0.29) is 32.7 Å². The minimum absolute atomic E-state index is 0.00171. The van der Waals surface area contributed by atoms with E-state index >= 15 is 0 Å². The van der Waals surface area contributed by atoms with Crippen molar-refractivity contribution in [2.45, 2.75) is 62.3 Å². The van der Waals surface area contributed by atoms with Crippen LogP contribution in [0.1, 0.15) is 43.2 Å². The number of para-hydroxylation sites is 1. The standard InChI is InChI=1S/C32H36N4O9S/c37-30(35-21-11-18-28(35)31(38)44-22-24-12-3-1-4-13-24)26(34-46(42,43)29-19-8-7-17-27(29)36(40)41)16-9-10-20-33-32(39)45-23-25-14-5-2-6-15-25/h1-8,12-15,17,19,26,28,34H,9-11,16,18,20-23H2,(H,33,39)/t26-,28-/m0/s1. The second-order valence-corrected chi connectivity index (χ2v) is 12.3. The quantitative estimate of drug-likeness (QED) is 0.106. The molecule has 0 bridgehead atoms. The fourth-order valence-electron chi connectivity index (χ4n) is 5.06. The van der Waals surface area contributed by atoms with Gasteiger partial charge >= 0.3 is 12.1 Å². The number of alkyl carbamates (subject to hydrolysis) is 1. The van der Waals surface area contributed by atoms with E-state index in [4.69, 9.17) is 9.47 Å². The number of likely N-dealkylation sites (tertiary alicyclic amines) is 1. The van der Waals surface area contributed by atoms with Crippen molar-refractivity contribution in [1.82, 2.24) is 14.9 Å². The number of hydrogen-bond acceptors (Lipinski definition) is 9. The largest absolute Gasteiger partial charge is 0.459 e. The van der Waals surface area contributed by atoms with Gasteiger partial charge in [-0.3, -0.25) is 14.9 Å². The van der Waals surface area contributed by atoms with Crippen molar-refractivity contribution in [3.63, 3.8) is 0 Å². The van der Waals surface area contributed by atoms with Crippen LogP contribution in [-0.2, 0) is 42.3 Å². The molecule has 13 nitrogen and oxygen atoms in total. The molecule has 2 N–H and O–H groups in total. The highest BCUT2D eigenvalue weighted by molar-refractivity contribution is 7.89. The molecule has 1 aliphatic heterocycles. The number of nitro benzene ring substituents is 1. The molecule has 0 spiro atoms. The van der Waals surface area contributed by atoms with Gasteiger partial charge in [0.2, 0.25) is 15.9 Å². The number of rotatable bonds is 15. The van der Waals surface area contributed by atoms with Crippen molar-refractivity contribution in [2.24, 2.45) is 0 Å². The molecule has 14 heteroatoms. The van der Waals surface area contributed by atoms with E-state index < -0.39 is 55.6 Å². The summed E-state index contributed by atoms with van der Waals surface area (Å²) >= 11 is 0. The molecule has 0 radical (unpaired) electrons. The van der Waals surface area contributed by atoms with Crippen LogP contribution in [0.5, 0.6) is 0 Å². The van der Waals surface area contributed by atoms with Crippen LogP contribution in [0.15, 0.2) is 89.8 Å². The molecule has 2 amide bonds. The summed E-state index contributed by atoms with van der Waals surface area (Å²) < 4.78 is 39.8. The predicted octanol–water partition coefficient (Wildman–Crippen LogP) is 4.07. The lowest BCUT2D eigenvalue weighted by molar-refractivity contribution is -0.387. The Balaban J connectivity index is 1.41. The van der Waals surface area contributed by atoms with Crippen LogP contribution >= 0.6 is 0 Å². The molecule has 2 atom stereocenters. The smallest absolute Gasteiger partial charge is 0.407 e. The fraction of sp³-hybridized carbons (Fsp3) is 0.344. The molecule has 3 aromatic rings. The highest BCUT2D eigenvalue weighted by Gasteiger charge is 2.40. The second-order valence-electron chi connectivity index (χ2n) is 10.7. The third-order valence-corrected chi connectivity index (χ3v) is 8.90. The Morgan fingerprint density at radius 1 is 0.891 bits per heavy atom. The van der Waals surface area contributed by atoms with Crippen LogP contribution in [0.25, 0.3) is 0 Å². The van der Waals surface area contributed by atoms with E-state index in [1.54, 1.807) is 12.1 Å². The third kappa shape index (κ3) is 9.59. The highest BCUT2D eigenvalue weighted by atomic mass is 32.2. The molecule has 4 rings (SSSR count). The highest BCUT2D eigenvalue weighted by Crippen LogP contribution is 2.25.